The van der Waals surface area contributed by atoms with Gasteiger partial charge < -0.3 is 20.1 Å². The van der Waals surface area contributed by atoms with E-state index in [9.17, 15) is 0 Å². The van der Waals surface area contributed by atoms with Crippen molar-refractivity contribution >= 4 is 17.7 Å². The maximum Gasteiger partial charge on any atom is 0.191 e. The molecule has 0 aliphatic carbocycles. The largest absolute Gasteiger partial charge is 0.381 e. The van der Waals surface area contributed by atoms with E-state index >= 15 is 0 Å². The zero-order valence-corrected chi connectivity index (χ0v) is 13.1. The van der Waals surface area contributed by atoms with Crippen LogP contribution in [0.2, 0.25) is 0 Å². The van der Waals surface area contributed by atoms with Crippen molar-refractivity contribution in [3.63, 3.8) is 0 Å². The molecular weight excluding hydrogens is 262 g/mol. The van der Waals surface area contributed by atoms with Crippen LogP contribution in [0.15, 0.2) is 4.99 Å². The summed E-state index contributed by atoms with van der Waals surface area (Å²) < 4.78 is 11.0. The second-order valence-corrected chi connectivity index (χ2v) is 5.82. The molecule has 0 atom stereocenters. The number of ether oxygens (including phenoxy) is 2. The van der Waals surface area contributed by atoms with Gasteiger partial charge in [0.25, 0.3) is 0 Å². The van der Waals surface area contributed by atoms with E-state index in [1.54, 1.807) is 7.05 Å². The predicted octanol–water partition coefficient (Wildman–Crippen LogP) is 1.10. The zero-order chi connectivity index (χ0) is 14.0. The highest BCUT2D eigenvalue weighted by Crippen LogP contribution is 2.32. The molecule has 0 bridgehead atoms. The van der Waals surface area contributed by atoms with Crippen LogP contribution >= 0.6 is 11.8 Å². The molecule has 19 heavy (non-hydrogen) atoms. The van der Waals surface area contributed by atoms with Crippen LogP contribution in [-0.2, 0) is 9.47 Å². The fourth-order valence-corrected chi connectivity index (χ4v) is 2.84. The second kappa shape index (κ2) is 9.44. The minimum absolute atomic E-state index is 0.274. The lowest BCUT2D eigenvalue weighted by molar-refractivity contribution is 0.0782. The van der Waals surface area contributed by atoms with Gasteiger partial charge >= 0.3 is 0 Å². The summed E-state index contributed by atoms with van der Waals surface area (Å²) in [6, 6.07) is 0. The highest BCUT2D eigenvalue weighted by molar-refractivity contribution is 8.00. The van der Waals surface area contributed by atoms with Crippen LogP contribution in [0.5, 0.6) is 0 Å². The van der Waals surface area contributed by atoms with Gasteiger partial charge in [-0.15, -0.1) is 0 Å². The van der Waals surface area contributed by atoms with Gasteiger partial charge in [0, 0.05) is 44.7 Å². The molecule has 1 heterocycles. The summed E-state index contributed by atoms with van der Waals surface area (Å²) >= 11 is 1.93. The summed E-state index contributed by atoms with van der Waals surface area (Å²) in [5, 5.41) is 6.67. The van der Waals surface area contributed by atoms with E-state index in [0.29, 0.717) is 6.61 Å². The first kappa shape index (κ1) is 16.6. The zero-order valence-electron chi connectivity index (χ0n) is 12.3. The fraction of sp³-hybridized carbons (Fsp3) is 0.923. The van der Waals surface area contributed by atoms with Gasteiger partial charge in [-0.1, -0.05) is 0 Å². The number of nitrogens with zero attached hydrogens (tertiary/aromatic N) is 1. The van der Waals surface area contributed by atoms with E-state index in [1.807, 2.05) is 18.7 Å². The maximum atomic E-state index is 5.45. The van der Waals surface area contributed by atoms with Crippen LogP contribution < -0.4 is 10.6 Å². The average Bonchev–Trinajstić information content (AvgIpc) is 2.47. The Balaban J connectivity index is 2.30. The molecule has 1 rings (SSSR count). The molecule has 0 spiro atoms. The lowest BCUT2D eigenvalue weighted by atomic mass is 9.99. The second-order valence-electron chi connectivity index (χ2n) is 4.55. The van der Waals surface area contributed by atoms with Gasteiger partial charge in [0.15, 0.2) is 5.96 Å². The lowest BCUT2D eigenvalue weighted by Gasteiger charge is -2.36. The number of hydrogen-bond acceptors (Lipinski definition) is 4. The van der Waals surface area contributed by atoms with Gasteiger partial charge in [0.1, 0.15) is 0 Å². The average molecular weight is 289 g/mol. The molecular formula is C13H27N3O2S. The highest BCUT2D eigenvalue weighted by Gasteiger charge is 2.31. The maximum absolute atomic E-state index is 5.45. The fourth-order valence-electron chi connectivity index (χ4n) is 2.05. The smallest absolute Gasteiger partial charge is 0.191 e. The van der Waals surface area contributed by atoms with E-state index in [2.05, 4.69) is 21.9 Å². The number of guanidine groups is 1. The molecule has 0 aromatic heterocycles. The number of hydrogen-bond donors (Lipinski definition) is 2. The minimum Gasteiger partial charge on any atom is -0.381 e. The minimum atomic E-state index is 0.274. The van der Waals surface area contributed by atoms with Gasteiger partial charge in [-0.3, -0.25) is 4.99 Å². The van der Waals surface area contributed by atoms with Crippen LogP contribution in [0, 0.1) is 0 Å². The first-order valence-electron chi connectivity index (χ1n) is 6.91. The third kappa shape index (κ3) is 6.01. The summed E-state index contributed by atoms with van der Waals surface area (Å²) in [7, 11) is 1.80. The van der Waals surface area contributed by atoms with Gasteiger partial charge in [-0.05, 0) is 26.0 Å². The van der Waals surface area contributed by atoms with Crippen LogP contribution in [0.3, 0.4) is 0 Å². The molecule has 0 saturated carbocycles. The van der Waals surface area contributed by atoms with Gasteiger partial charge in [0.05, 0.1) is 6.61 Å². The van der Waals surface area contributed by atoms with Crippen molar-refractivity contribution in [2.45, 2.75) is 24.5 Å². The SMILES string of the molecule is CCOCCNC(=NC)NCC1(SC)CCOCC1. The number of thioether (sulfide) groups is 1. The number of rotatable bonds is 7. The molecule has 1 aliphatic rings. The normalized spacial score (nSPS) is 19.2. The predicted molar refractivity (Wildman–Crippen MR) is 82.2 cm³/mol. The molecule has 6 heteroatoms. The standard InChI is InChI=1S/C13H27N3O2S/c1-4-17-10-7-15-12(14-2)16-11-13(19-3)5-8-18-9-6-13/h4-11H2,1-3H3,(H2,14,15,16). The third-order valence-electron chi connectivity index (χ3n) is 3.38. The molecule has 0 radical (unpaired) electrons. The third-order valence-corrected chi connectivity index (χ3v) is 4.80. The number of nitrogens with one attached hydrogen (secondary N) is 2. The summed E-state index contributed by atoms with van der Waals surface area (Å²) in [5.74, 6) is 0.847. The summed E-state index contributed by atoms with van der Waals surface area (Å²) in [6.45, 7) is 6.88. The Kier molecular flexibility index (Phi) is 8.25. The Labute approximate surface area is 120 Å². The van der Waals surface area contributed by atoms with Crippen molar-refractivity contribution in [2.75, 3.05) is 52.8 Å². The van der Waals surface area contributed by atoms with Crippen molar-refractivity contribution in [1.29, 1.82) is 0 Å². The Hall–Kier alpha value is -0.460. The Morgan fingerprint density at radius 2 is 2.11 bits per heavy atom. The van der Waals surface area contributed by atoms with Crippen LogP contribution in [0.25, 0.3) is 0 Å². The van der Waals surface area contributed by atoms with Crippen molar-refractivity contribution in [3.8, 4) is 0 Å². The molecule has 0 unspecified atom stereocenters. The topological polar surface area (TPSA) is 54.9 Å². The van der Waals surface area contributed by atoms with Gasteiger partial charge in [0.2, 0.25) is 0 Å². The lowest BCUT2D eigenvalue weighted by Crippen LogP contribution is -2.48. The first-order valence-corrected chi connectivity index (χ1v) is 8.14. The van der Waals surface area contributed by atoms with Crippen molar-refractivity contribution in [1.82, 2.24) is 10.6 Å². The van der Waals surface area contributed by atoms with Crippen LogP contribution in [0.4, 0.5) is 0 Å². The van der Waals surface area contributed by atoms with Gasteiger partial charge in [-0.25, -0.2) is 0 Å². The van der Waals surface area contributed by atoms with Crippen molar-refractivity contribution < 1.29 is 9.47 Å². The van der Waals surface area contributed by atoms with E-state index in [0.717, 1.165) is 51.7 Å². The summed E-state index contributed by atoms with van der Waals surface area (Å²) in [4.78, 5) is 4.23. The molecule has 1 aliphatic heterocycles. The van der Waals surface area contributed by atoms with E-state index in [-0.39, 0.29) is 4.75 Å². The molecule has 0 aromatic rings. The monoisotopic (exact) mass is 289 g/mol. The van der Waals surface area contributed by atoms with E-state index in [4.69, 9.17) is 9.47 Å². The van der Waals surface area contributed by atoms with Crippen LogP contribution in [0.1, 0.15) is 19.8 Å². The molecule has 0 amide bonds. The molecule has 112 valence electrons. The highest BCUT2D eigenvalue weighted by atomic mass is 32.2. The molecule has 1 fully saturated rings. The first-order chi connectivity index (χ1) is 9.26. The molecule has 5 nitrogen and oxygen atoms in total. The molecule has 2 N–H and O–H groups in total. The Morgan fingerprint density at radius 1 is 1.37 bits per heavy atom. The summed E-state index contributed by atoms with van der Waals surface area (Å²) in [5.41, 5.74) is 0. The molecule has 0 aromatic carbocycles. The molecule has 1 saturated heterocycles. The van der Waals surface area contributed by atoms with Crippen LogP contribution in [-0.4, -0.2) is 63.5 Å². The summed E-state index contributed by atoms with van der Waals surface area (Å²) in [6.07, 6.45) is 4.37. The van der Waals surface area contributed by atoms with E-state index in [1.165, 1.54) is 0 Å². The van der Waals surface area contributed by atoms with Crippen molar-refractivity contribution in [2.24, 2.45) is 4.99 Å². The Bertz CT molecular complexity index is 269. The quantitative estimate of drug-likeness (QED) is 0.418. The van der Waals surface area contributed by atoms with E-state index < -0.39 is 0 Å². The van der Waals surface area contributed by atoms with Crippen molar-refractivity contribution in [3.05, 3.63) is 0 Å². The van der Waals surface area contributed by atoms with Gasteiger partial charge in [-0.2, -0.15) is 11.8 Å². The Morgan fingerprint density at radius 3 is 2.68 bits per heavy atom. The number of aliphatic imine (C=N–C) groups is 1.